The fourth-order valence-electron chi connectivity index (χ4n) is 2.14. The second-order valence-corrected chi connectivity index (χ2v) is 6.08. The molecule has 0 aliphatic heterocycles. The summed E-state index contributed by atoms with van der Waals surface area (Å²) in [5, 5.41) is 6.49. The molecule has 0 spiro atoms. The number of pyridine rings is 1. The Hall–Kier alpha value is -2.07. The lowest BCUT2D eigenvalue weighted by Crippen LogP contribution is -2.32. The van der Waals surface area contributed by atoms with Gasteiger partial charge >= 0.3 is 0 Å². The maximum absolute atomic E-state index is 12.2. The quantitative estimate of drug-likeness (QED) is 0.807. The van der Waals surface area contributed by atoms with Gasteiger partial charge in [0.2, 0.25) is 5.91 Å². The maximum Gasteiger partial charge on any atom is 0.247 e. The molecule has 1 amide bonds. The number of hydrogen-bond acceptors (Lipinski definition) is 3. The molecule has 0 saturated heterocycles. The lowest BCUT2D eigenvalue weighted by Gasteiger charge is -2.16. The summed E-state index contributed by atoms with van der Waals surface area (Å²) in [6.07, 6.45) is 2.61. The number of carbonyl (C=O) groups excluding carboxylic acids is 1. The van der Waals surface area contributed by atoms with Crippen molar-refractivity contribution in [3.8, 4) is 0 Å². The van der Waals surface area contributed by atoms with Crippen molar-refractivity contribution in [2.75, 3.05) is 10.6 Å². The number of hydrogen-bond donors (Lipinski definition) is 2. The first-order chi connectivity index (χ1) is 11.0. The zero-order valence-electron chi connectivity index (χ0n) is 13.6. The zero-order chi connectivity index (χ0) is 16.8. The minimum atomic E-state index is -0.373. The molecule has 122 valence electrons. The molecule has 0 aliphatic carbocycles. The molecule has 5 heteroatoms. The number of benzene rings is 1. The maximum atomic E-state index is 12.2. The summed E-state index contributed by atoms with van der Waals surface area (Å²) < 4.78 is 0. The first-order valence-electron chi connectivity index (χ1n) is 7.78. The number of anilines is 2. The van der Waals surface area contributed by atoms with Crippen LogP contribution in [0, 0.1) is 0 Å². The van der Waals surface area contributed by atoms with Crippen LogP contribution in [0.4, 0.5) is 11.5 Å². The van der Waals surface area contributed by atoms with Crippen molar-refractivity contribution in [2.24, 2.45) is 0 Å². The molecule has 0 radical (unpaired) electrons. The van der Waals surface area contributed by atoms with Crippen molar-refractivity contribution < 1.29 is 4.79 Å². The van der Waals surface area contributed by atoms with E-state index in [0.29, 0.717) is 16.8 Å². The topological polar surface area (TPSA) is 54.0 Å². The molecule has 0 bridgehead atoms. The number of aromatic nitrogens is 1. The van der Waals surface area contributed by atoms with Gasteiger partial charge in [-0.25, -0.2) is 4.98 Å². The van der Waals surface area contributed by atoms with Crippen LogP contribution in [0.5, 0.6) is 0 Å². The molecule has 2 atom stereocenters. The molecule has 4 nitrogen and oxygen atoms in total. The first-order valence-corrected chi connectivity index (χ1v) is 8.16. The lowest BCUT2D eigenvalue weighted by molar-refractivity contribution is -0.116. The van der Waals surface area contributed by atoms with Crippen LogP contribution in [0.1, 0.15) is 38.7 Å². The monoisotopic (exact) mass is 331 g/mol. The van der Waals surface area contributed by atoms with Crippen LogP contribution in [0.3, 0.4) is 0 Å². The number of nitrogens with zero attached hydrogens (tertiary/aromatic N) is 1. The molecule has 2 rings (SSSR count). The Morgan fingerprint density at radius 1 is 1.17 bits per heavy atom. The normalized spacial score (nSPS) is 13.2. The summed E-state index contributed by atoms with van der Waals surface area (Å²) in [5.41, 5.74) is 2.23. The van der Waals surface area contributed by atoms with Crippen LogP contribution in [-0.2, 0) is 4.79 Å². The van der Waals surface area contributed by atoms with Gasteiger partial charge in [0.05, 0.1) is 5.02 Å². The van der Waals surface area contributed by atoms with Gasteiger partial charge in [0.1, 0.15) is 11.9 Å². The van der Waals surface area contributed by atoms with E-state index < -0.39 is 0 Å². The summed E-state index contributed by atoms with van der Waals surface area (Å²) in [4.78, 5) is 16.2. The van der Waals surface area contributed by atoms with E-state index in [1.54, 1.807) is 12.1 Å². The van der Waals surface area contributed by atoms with Crippen LogP contribution >= 0.6 is 11.6 Å². The largest absolute Gasteiger partial charge is 0.374 e. The zero-order valence-corrected chi connectivity index (χ0v) is 14.4. The van der Waals surface area contributed by atoms with Gasteiger partial charge in [-0.3, -0.25) is 4.79 Å². The second kappa shape index (κ2) is 7.97. The molecule has 23 heavy (non-hydrogen) atoms. The van der Waals surface area contributed by atoms with Crippen LogP contribution in [0.15, 0.2) is 42.6 Å². The van der Waals surface area contributed by atoms with Crippen LogP contribution in [-0.4, -0.2) is 16.9 Å². The molecule has 1 aromatic carbocycles. The van der Waals surface area contributed by atoms with Crippen molar-refractivity contribution >= 4 is 29.0 Å². The van der Waals surface area contributed by atoms with Crippen molar-refractivity contribution in [3.05, 3.63) is 53.2 Å². The van der Waals surface area contributed by atoms with E-state index in [4.69, 9.17) is 11.6 Å². The molecular formula is C18H22ClN3O. The highest BCUT2D eigenvalue weighted by atomic mass is 35.5. The Morgan fingerprint density at radius 3 is 2.43 bits per heavy atom. The van der Waals surface area contributed by atoms with E-state index in [-0.39, 0.29) is 11.9 Å². The average molecular weight is 332 g/mol. The van der Waals surface area contributed by atoms with Gasteiger partial charge in [0, 0.05) is 11.9 Å². The van der Waals surface area contributed by atoms with E-state index in [1.165, 1.54) is 11.8 Å². The third-order valence-corrected chi connectivity index (χ3v) is 4.07. The summed E-state index contributed by atoms with van der Waals surface area (Å²) in [7, 11) is 0. The molecule has 0 fully saturated rings. The minimum Gasteiger partial charge on any atom is -0.374 e. The van der Waals surface area contributed by atoms with Crippen molar-refractivity contribution in [1.29, 1.82) is 0 Å². The predicted octanol–water partition coefficient (Wildman–Crippen LogP) is 4.69. The Morgan fingerprint density at radius 2 is 1.87 bits per heavy atom. The summed E-state index contributed by atoms with van der Waals surface area (Å²) in [5.74, 6) is 0.881. The smallest absolute Gasteiger partial charge is 0.247 e. The Labute approximate surface area is 142 Å². The molecule has 0 unspecified atom stereocenters. The SMILES string of the molecule is CC[C@@H](C)c1ccc(N[C@@H](C)C(=O)Nc2ccc(Cl)cn2)cc1. The summed E-state index contributed by atoms with van der Waals surface area (Å²) in [6.45, 7) is 6.19. The highest BCUT2D eigenvalue weighted by molar-refractivity contribution is 6.30. The molecule has 0 aliphatic rings. The summed E-state index contributed by atoms with van der Waals surface area (Å²) >= 11 is 5.78. The third-order valence-electron chi connectivity index (χ3n) is 3.85. The van der Waals surface area contributed by atoms with E-state index in [0.717, 1.165) is 12.1 Å². The van der Waals surface area contributed by atoms with Crippen molar-refractivity contribution in [1.82, 2.24) is 4.98 Å². The standard InChI is InChI=1S/C18H22ClN3O/c1-4-12(2)14-5-8-16(9-6-14)21-13(3)18(23)22-17-10-7-15(19)11-20-17/h5-13,21H,4H2,1-3H3,(H,20,22,23)/t12-,13+/m1/s1. The van der Waals surface area contributed by atoms with Crippen LogP contribution in [0.2, 0.25) is 5.02 Å². The Kier molecular flexibility index (Phi) is 5.99. The van der Waals surface area contributed by atoms with Gasteiger partial charge in [0.25, 0.3) is 0 Å². The Balaban J connectivity index is 1.93. The van der Waals surface area contributed by atoms with E-state index in [1.807, 2.05) is 19.1 Å². The van der Waals surface area contributed by atoms with Gasteiger partial charge < -0.3 is 10.6 Å². The fourth-order valence-corrected chi connectivity index (χ4v) is 2.26. The molecule has 1 aromatic heterocycles. The molecule has 2 N–H and O–H groups in total. The van der Waals surface area contributed by atoms with Gasteiger partial charge in [-0.1, -0.05) is 37.6 Å². The van der Waals surface area contributed by atoms with E-state index >= 15 is 0 Å². The number of nitrogens with one attached hydrogen (secondary N) is 2. The van der Waals surface area contributed by atoms with Gasteiger partial charge in [-0.2, -0.15) is 0 Å². The third kappa shape index (κ3) is 4.96. The number of halogens is 1. The van der Waals surface area contributed by atoms with Gasteiger partial charge in [0.15, 0.2) is 0 Å². The molecule has 2 aromatic rings. The van der Waals surface area contributed by atoms with Crippen molar-refractivity contribution in [3.63, 3.8) is 0 Å². The van der Waals surface area contributed by atoms with Gasteiger partial charge in [-0.15, -0.1) is 0 Å². The first kappa shape index (κ1) is 17.3. The van der Waals surface area contributed by atoms with E-state index in [9.17, 15) is 4.79 Å². The highest BCUT2D eigenvalue weighted by Gasteiger charge is 2.13. The molecular weight excluding hydrogens is 310 g/mol. The van der Waals surface area contributed by atoms with Crippen LogP contribution < -0.4 is 10.6 Å². The average Bonchev–Trinajstić information content (AvgIpc) is 2.56. The lowest BCUT2D eigenvalue weighted by atomic mass is 9.98. The van der Waals surface area contributed by atoms with Gasteiger partial charge in [-0.05, 0) is 49.1 Å². The predicted molar refractivity (Wildman–Crippen MR) is 96.1 cm³/mol. The summed E-state index contributed by atoms with van der Waals surface area (Å²) in [6, 6.07) is 11.2. The molecule has 1 heterocycles. The Bertz CT molecular complexity index is 640. The van der Waals surface area contributed by atoms with Crippen molar-refractivity contribution in [2.45, 2.75) is 39.2 Å². The molecule has 0 saturated carbocycles. The van der Waals surface area contributed by atoms with Crippen LogP contribution in [0.25, 0.3) is 0 Å². The number of carbonyl (C=O) groups is 1. The highest BCUT2D eigenvalue weighted by Crippen LogP contribution is 2.21. The number of amides is 1. The van der Waals surface area contributed by atoms with E-state index in [2.05, 4.69) is 41.6 Å². The minimum absolute atomic E-state index is 0.147. The number of rotatable bonds is 6. The fraction of sp³-hybridized carbons (Fsp3) is 0.333. The second-order valence-electron chi connectivity index (χ2n) is 5.65.